The predicted molar refractivity (Wildman–Crippen MR) is 130 cm³/mol. The molecule has 0 rings (SSSR count). The van der Waals surface area contributed by atoms with Crippen LogP contribution in [-0.2, 0) is 19.2 Å². The van der Waals surface area contributed by atoms with Crippen LogP contribution >= 0.6 is 0 Å². The first-order valence-electron chi connectivity index (χ1n) is 12.4. The average molecular weight is 512 g/mol. The quantitative estimate of drug-likeness (QED) is 0.0453. The Kier molecular flexibility index (Phi) is 21.5. The zero-order chi connectivity index (χ0) is 26.0. The van der Waals surface area contributed by atoms with Crippen molar-refractivity contribution in [1.82, 2.24) is 10.4 Å². The Hall–Kier alpha value is -1.24. The van der Waals surface area contributed by atoms with Gasteiger partial charge in [-0.05, 0) is 38.6 Å². The third kappa shape index (κ3) is 15.5. The summed E-state index contributed by atoms with van der Waals surface area (Å²) in [6, 6.07) is -1.54. The molecule has 0 aromatic carbocycles. The Morgan fingerprint density at radius 3 is 1.91 bits per heavy atom. The number of primary amides is 1. The Balaban J connectivity index is -0.00000544. The number of hydrogen-bond acceptors (Lipinski definition) is 7. The molecule has 0 unspecified atom stereocenters. The van der Waals surface area contributed by atoms with Gasteiger partial charge in [0.05, 0.1) is 0 Å². The standard InChI is InChI=1S/C23H45N5O6.Na.H/c1-2-3-4-5-6-7-8-9-10-13-20(30)27-28(18(21(31)32)14-15-19(25)29)23(26,22(33)34)16-11-12-17-24;;/h18H,2-17,24,26H2,1H3,(H2,25,29)(H,27,30)(H,31,32)(H,33,34);;/q;+1;-1/t18-,23+;;/m0../s1. The fourth-order valence-corrected chi connectivity index (χ4v) is 3.75. The molecule has 0 spiro atoms. The zero-order valence-corrected chi connectivity index (χ0v) is 23.6. The van der Waals surface area contributed by atoms with Crippen LogP contribution in [-0.4, -0.2) is 57.2 Å². The molecular weight excluding hydrogens is 465 g/mol. The summed E-state index contributed by atoms with van der Waals surface area (Å²) in [5.41, 5.74) is 17.0. The summed E-state index contributed by atoms with van der Waals surface area (Å²) in [6.45, 7) is 2.48. The summed E-state index contributed by atoms with van der Waals surface area (Å²) in [5, 5.41) is 20.3. The molecule has 0 saturated carbocycles. The van der Waals surface area contributed by atoms with Crippen molar-refractivity contribution in [2.45, 2.75) is 115 Å². The average Bonchev–Trinajstić information content (AvgIpc) is 2.76. The largest absolute Gasteiger partial charge is 1.00 e. The van der Waals surface area contributed by atoms with Crippen molar-refractivity contribution in [2.24, 2.45) is 17.2 Å². The first-order chi connectivity index (χ1) is 16.1. The van der Waals surface area contributed by atoms with Crippen LogP contribution in [0.15, 0.2) is 0 Å². The Bertz CT molecular complexity index is 646. The van der Waals surface area contributed by atoms with Crippen molar-refractivity contribution in [3.63, 3.8) is 0 Å². The normalized spacial score (nSPS) is 13.5. The van der Waals surface area contributed by atoms with E-state index in [0.717, 1.165) is 30.7 Å². The number of rotatable bonds is 22. The molecule has 9 N–H and O–H groups in total. The number of carboxylic acid groups (broad SMARTS) is 2. The summed E-state index contributed by atoms with van der Waals surface area (Å²) in [7, 11) is 0. The molecule has 0 saturated heterocycles. The molecule has 11 nitrogen and oxygen atoms in total. The molecule has 12 heteroatoms. The smallest absolute Gasteiger partial charge is 1.00 e. The predicted octanol–water partition coefficient (Wildman–Crippen LogP) is -1.06. The van der Waals surface area contributed by atoms with Gasteiger partial charge in [-0.1, -0.05) is 58.3 Å². The minimum Gasteiger partial charge on any atom is -1.00 e. The van der Waals surface area contributed by atoms with Crippen molar-refractivity contribution in [3.8, 4) is 0 Å². The molecule has 0 aliphatic rings. The van der Waals surface area contributed by atoms with E-state index in [4.69, 9.17) is 17.2 Å². The number of nitrogens with zero attached hydrogens (tertiary/aromatic N) is 1. The van der Waals surface area contributed by atoms with Crippen molar-refractivity contribution in [3.05, 3.63) is 0 Å². The van der Waals surface area contributed by atoms with Gasteiger partial charge in [0, 0.05) is 12.8 Å². The maximum absolute atomic E-state index is 12.6. The molecule has 2 atom stereocenters. The topological polar surface area (TPSA) is 202 Å². The molecule has 35 heavy (non-hydrogen) atoms. The zero-order valence-electron chi connectivity index (χ0n) is 22.6. The SMILES string of the molecule is CCCCCCCCCCCC(=O)NN([C@@H](CCC(N)=O)C(=O)O)[C@](N)(CCCCN)C(=O)O.[H-].[Na+]. The molecule has 0 aromatic rings. The van der Waals surface area contributed by atoms with Crippen LogP contribution in [0, 0.1) is 0 Å². The summed E-state index contributed by atoms with van der Waals surface area (Å²) in [6.07, 6.45) is 9.74. The minimum atomic E-state index is -2.19. The maximum Gasteiger partial charge on any atom is 1.00 e. The molecule has 2 amide bonds. The van der Waals surface area contributed by atoms with Crippen molar-refractivity contribution >= 4 is 23.8 Å². The number of carbonyl (C=O) groups excluding carboxylic acids is 2. The van der Waals surface area contributed by atoms with E-state index in [1.54, 1.807) is 0 Å². The van der Waals surface area contributed by atoms with Crippen LogP contribution in [0.4, 0.5) is 0 Å². The fourth-order valence-electron chi connectivity index (χ4n) is 3.75. The fraction of sp³-hybridized carbons (Fsp3) is 0.826. The number of amides is 2. The van der Waals surface area contributed by atoms with Crippen molar-refractivity contribution < 1.29 is 60.4 Å². The molecule has 0 bridgehead atoms. The number of hydrogen-bond donors (Lipinski definition) is 6. The number of hydrazine groups is 1. The van der Waals surface area contributed by atoms with E-state index in [1.807, 2.05) is 0 Å². The first-order valence-corrected chi connectivity index (χ1v) is 12.4. The first kappa shape index (κ1) is 35.9. The summed E-state index contributed by atoms with van der Waals surface area (Å²) < 4.78 is 0. The number of carboxylic acids is 2. The van der Waals surface area contributed by atoms with E-state index >= 15 is 0 Å². The van der Waals surface area contributed by atoms with Gasteiger partial charge in [-0.25, -0.2) is 4.79 Å². The second kappa shape index (κ2) is 20.9. The number of nitrogens with two attached hydrogens (primary N) is 3. The van der Waals surface area contributed by atoms with Crippen LogP contribution < -0.4 is 52.2 Å². The molecule has 0 aromatic heterocycles. The third-order valence-electron chi connectivity index (χ3n) is 5.83. The maximum atomic E-state index is 12.6. The van der Waals surface area contributed by atoms with E-state index < -0.39 is 35.5 Å². The van der Waals surface area contributed by atoms with E-state index in [-0.39, 0.29) is 56.7 Å². The Morgan fingerprint density at radius 2 is 1.46 bits per heavy atom. The molecule has 0 aliphatic carbocycles. The third-order valence-corrected chi connectivity index (χ3v) is 5.83. The number of unbranched alkanes of at least 4 members (excludes halogenated alkanes) is 9. The molecule has 200 valence electrons. The van der Waals surface area contributed by atoms with Crippen LogP contribution in [0.3, 0.4) is 0 Å². The second-order valence-electron chi connectivity index (χ2n) is 8.82. The minimum absolute atomic E-state index is 0. The molecule has 0 aliphatic heterocycles. The van der Waals surface area contributed by atoms with E-state index in [1.165, 1.54) is 25.7 Å². The summed E-state index contributed by atoms with van der Waals surface area (Å²) in [4.78, 5) is 47.9. The number of carbonyl (C=O) groups is 4. The van der Waals surface area contributed by atoms with Gasteiger partial charge < -0.3 is 28.8 Å². The van der Waals surface area contributed by atoms with Crippen LogP contribution in [0.25, 0.3) is 0 Å². The van der Waals surface area contributed by atoms with Gasteiger partial charge in [-0.15, -0.1) is 0 Å². The Morgan fingerprint density at radius 1 is 0.914 bits per heavy atom. The van der Waals surface area contributed by atoms with Crippen LogP contribution in [0.2, 0.25) is 0 Å². The van der Waals surface area contributed by atoms with Crippen molar-refractivity contribution in [2.75, 3.05) is 6.54 Å². The number of aliphatic carboxylic acids is 2. The molecular formula is C23H46N5NaO6. The monoisotopic (exact) mass is 511 g/mol. The van der Waals surface area contributed by atoms with Crippen LogP contribution in [0.1, 0.15) is 105 Å². The van der Waals surface area contributed by atoms with E-state index in [0.29, 0.717) is 25.8 Å². The van der Waals surface area contributed by atoms with Gasteiger partial charge in [0.1, 0.15) is 6.04 Å². The van der Waals surface area contributed by atoms with Crippen molar-refractivity contribution in [1.29, 1.82) is 0 Å². The van der Waals surface area contributed by atoms with E-state index in [9.17, 15) is 29.4 Å². The van der Waals surface area contributed by atoms with Gasteiger partial charge in [0.25, 0.3) is 0 Å². The van der Waals surface area contributed by atoms with Gasteiger partial charge in [0.15, 0.2) is 5.66 Å². The second-order valence-corrected chi connectivity index (χ2v) is 8.82. The van der Waals surface area contributed by atoms with Gasteiger partial charge in [-0.2, -0.15) is 5.01 Å². The van der Waals surface area contributed by atoms with Crippen LogP contribution in [0.5, 0.6) is 0 Å². The Labute approximate surface area is 232 Å². The van der Waals surface area contributed by atoms with E-state index in [2.05, 4.69) is 12.3 Å². The molecule has 0 fully saturated rings. The summed E-state index contributed by atoms with van der Waals surface area (Å²) in [5.74, 6) is -4.17. The van der Waals surface area contributed by atoms with Gasteiger partial charge in [0.2, 0.25) is 11.8 Å². The number of nitrogens with one attached hydrogen (secondary N) is 1. The molecule has 0 heterocycles. The summed E-state index contributed by atoms with van der Waals surface area (Å²) >= 11 is 0. The van der Waals surface area contributed by atoms with Gasteiger partial charge >= 0.3 is 41.5 Å². The van der Waals surface area contributed by atoms with Gasteiger partial charge in [-0.3, -0.25) is 19.8 Å². The molecule has 0 radical (unpaired) electrons.